The molecule has 0 bridgehead atoms. The molecule has 0 aromatic heterocycles. The van der Waals surface area contributed by atoms with Gasteiger partial charge in [-0.15, -0.1) is 0 Å². The molecule has 1 heteroatoms. The predicted molar refractivity (Wildman–Crippen MR) is 111 cm³/mol. The number of allylic oxidation sites excluding steroid dienone is 5. The molecule has 0 saturated heterocycles. The number of rotatable bonds is 5. The Morgan fingerprint density at radius 2 is 1.73 bits per heavy atom. The van der Waals surface area contributed by atoms with Gasteiger partial charge in [0.25, 0.3) is 0 Å². The molecule has 132 valence electrons. The summed E-state index contributed by atoms with van der Waals surface area (Å²) in [6, 6.07) is 17.7. The first-order chi connectivity index (χ1) is 12.6. The van der Waals surface area contributed by atoms with Crippen molar-refractivity contribution >= 4 is 6.08 Å². The topological polar surface area (TPSA) is 0 Å². The van der Waals surface area contributed by atoms with E-state index in [1.54, 1.807) is 14.4 Å². The second kappa shape index (κ2) is 8.49. The van der Waals surface area contributed by atoms with Crippen LogP contribution >= 0.6 is 0 Å². The first-order valence-corrected chi connectivity index (χ1v) is 12.2. The van der Waals surface area contributed by atoms with E-state index in [-0.39, 0.29) is 0 Å². The SMILES string of the molecule is CC=C(C)C(C)=[C](C)[Zr][CH]1C(CC)=Cc2c(-c3ccccc3)cccc21. The average molecular weight is 420 g/mol. The third kappa shape index (κ3) is 3.79. The molecule has 0 saturated carbocycles. The number of benzene rings is 2. The van der Waals surface area contributed by atoms with Gasteiger partial charge >= 0.3 is 171 Å². The molecule has 2 aromatic carbocycles. The molecule has 0 amide bonds. The van der Waals surface area contributed by atoms with Crippen LogP contribution in [0.15, 0.2) is 74.6 Å². The Bertz CT molecular complexity index is 882. The normalized spacial score (nSPS) is 17.5. The second-order valence-electron chi connectivity index (χ2n) is 7.05. The summed E-state index contributed by atoms with van der Waals surface area (Å²) in [5, 5.41) is 0. The Kier molecular flexibility index (Phi) is 6.30. The van der Waals surface area contributed by atoms with Crippen molar-refractivity contribution in [1.82, 2.24) is 0 Å². The number of fused-ring (bicyclic) bond motifs is 1. The van der Waals surface area contributed by atoms with E-state index >= 15 is 0 Å². The van der Waals surface area contributed by atoms with E-state index < -0.39 is 23.2 Å². The van der Waals surface area contributed by atoms with E-state index in [9.17, 15) is 0 Å². The van der Waals surface area contributed by atoms with Gasteiger partial charge in [0, 0.05) is 0 Å². The summed E-state index contributed by atoms with van der Waals surface area (Å²) < 4.78 is 2.35. The van der Waals surface area contributed by atoms with E-state index in [4.69, 9.17) is 0 Å². The Labute approximate surface area is 170 Å². The van der Waals surface area contributed by atoms with Crippen LogP contribution in [0.1, 0.15) is 55.8 Å². The molecule has 1 atom stereocenters. The van der Waals surface area contributed by atoms with Crippen LogP contribution in [0.5, 0.6) is 0 Å². The summed E-state index contributed by atoms with van der Waals surface area (Å²) in [5.41, 5.74) is 10.3. The Balaban J connectivity index is 2.03. The second-order valence-corrected chi connectivity index (χ2v) is 11.0. The quantitative estimate of drug-likeness (QED) is 0.439. The van der Waals surface area contributed by atoms with Crippen molar-refractivity contribution in [1.29, 1.82) is 0 Å². The van der Waals surface area contributed by atoms with Crippen LogP contribution in [0.25, 0.3) is 17.2 Å². The van der Waals surface area contributed by atoms with Gasteiger partial charge in [0.15, 0.2) is 0 Å². The van der Waals surface area contributed by atoms with E-state index in [1.165, 1.54) is 27.8 Å². The first-order valence-electron chi connectivity index (χ1n) is 9.52. The summed E-state index contributed by atoms with van der Waals surface area (Å²) >= 11 is -0.714. The standard InChI is InChI=1S/C17H15.C8H13.Zr/c1-2-13-11-15-9-6-10-16(17(15)12-13)14-7-4-3-5-8-14;1-5-7(3)8(4)6-2;/h3-12H,2H2,1H3;5H,1-4H3;. The molecule has 26 heavy (non-hydrogen) atoms. The third-order valence-corrected chi connectivity index (χ3v) is 9.96. The van der Waals surface area contributed by atoms with E-state index in [0.717, 1.165) is 6.42 Å². The van der Waals surface area contributed by atoms with E-state index in [1.807, 2.05) is 0 Å². The zero-order valence-corrected chi connectivity index (χ0v) is 19.0. The molecule has 0 fully saturated rings. The van der Waals surface area contributed by atoms with Crippen LogP contribution in [0, 0.1) is 0 Å². The molecule has 0 spiro atoms. The summed E-state index contributed by atoms with van der Waals surface area (Å²) in [5.74, 6) is 0. The molecule has 2 aromatic rings. The molecule has 0 nitrogen and oxygen atoms in total. The first kappa shape index (κ1) is 19.3. The van der Waals surface area contributed by atoms with Crippen molar-refractivity contribution < 1.29 is 23.2 Å². The fourth-order valence-corrected chi connectivity index (χ4v) is 7.89. The minimum absolute atomic E-state index is 0.682. The van der Waals surface area contributed by atoms with Crippen LogP contribution in [-0.2, 0) is 23.2 Å². The summed E-state index contributed by atoms with van der Waals surface area (Å²) in [7, 11) is 0. The average Bonchev–Trinajstić information content (AvgIpc) is 3.05. The fraction of sp³-hybridized carbons (Fsp3) is 0.280. The van der Waals surface area contributed by atoms with E-state index in [2.05, 4.69) is 95.3 Å². The molecule has 1 unspecified atom stereocenters. The number of hydrogen-bond acceptors (Lipinski definition) is 0. The summed E-state index contributed by atoms with van der Waals surface area (Å²) in [6.07, 6.45) is 5.89. The van der Waals surface area contributed by atoms with Gasteiger partial charge in [0.2, 0.25) is 0 Å². The monoisotopic (exact) mass is 418 g/mol. The van der Waals surface area contributed by atoms with Crippen molar-refractivity contribution in [2.45, 2.75) is 44.7 Å². The van der Waals surface area contributed by atoms with Gasteiger partial charge in [0.05, 0.1) is 0 Å². The maximum atomic E-state index is 2.49. The fourth-order valence-electron chi connectivity index (χ4n) is 3.65. The van der Waals surface area contributed by atoms with Gasteiger partial charge in [0.1, 0.15) is 0 Å². The zero-order valence-electron chi connectivity index (χ0n) is 16.6. The molecule has 0 aliphatic heterocycles. The van der Waals surface area contributed by atoms with E-state index in [0.29, 0.717) is 3.63 Å². The van der Waals surface area contributed by atoms with Crippen LogP contribution in [0.2, 0.25) is 0 Å². The van der Waals surface area contributed by atoms with Gasteiger partial charge in [-0.25, -0.2) is 0 Å². The van der Waals surface area contributed by atoms with Crippen LogP contribution in [-0.4, -0.2) is 0 Å². The number of hydrogen-bond donors (Lipinski definition) is 0. The molecule has 0 N–H and O–H groups in total. The zero-order chi connectivity index (χ0) is 18.7. The van der Waals surface area contributed by atoms with Crippen molar-refractivity contribution in [2.75, 3.05) is 0 Å². The maximum absolute atomic E-state index is 2.49. The summed E-state index contributed by atoms with van der Waals surface area (Å²) in [4.78, 5) is 0. The Hall–Kier alpha value is -1.46. The molecule has 3 rings (SSSR count). The Morgan fingerprint density at radius 1 is 1.00 bits per heavy atom. The minimum atomic E-state index is -0.714. The van der Waals surface area contributed by atoms with Crippen molar-refractivity contribution in [3.05, 3.63) is 85.7 Å². The predicted octanol–water partition coefficient (Wildman–Crippen LogP) is 7.54. The van der Waals surface area contributed by atoms with Crippen LogP contribution in [0.3, 0.4) is 0 Å². The van der Waals surface area contributed by atoms with Gasteiger partial charge in [-0.1, -0.05) is 0 Å². The van der Waals surface area contributed by atoms with Crippen LogP contribution in [0.4, 0.5) is 0 Å². The molecule has 0 radical (unpaired) electrons. The summed E-state index contributed by atoms with van der Waals surface area (Å²) in [6.45, 7) is 11.4. The van der Waals surface area contributed by atoms with Crippen molar-refractivity contribution in [3.63, 3.8) is 0 Å². The van der Waals surface area contributed by atoms with Gasteiger partial charge in [-0.2, -0.15) is 0 Å². The van der Waals surface area contributed by atoms with Gasteiger partial charge in [-0.05, 0) is 0 Å². The molecular weight excluding hydrogens is 391 g/mol. The van der Waals surface area contributed by atoms with Crippen LogP contribution < -0.4 is 0 Å². The van der Waals surface area contributed by atoms with Crippen molar-refractivity contribution in [3.8, 4) is 11.1 Å². The van der Waals surface area contributed by atoms with Crippen molar-refractivity contribution in [2.24, 2.45) is 0 Å². The van der Waals surface area contributed by atoms with Gasteiger partial charge < -0.3 is 0 Å². The molecule has 0 heterocycles. The molecule has 1 aliphatic rings. The molecule has 1 aliphatic carbocycles. The third-order valence-electron chi connectivity index (χ3n) is 5.59. The molecular formula is C25H28Zr. The van der Waals surface area contributed by atoms with Gasteiger partial charge in [-0.3, -0.25) is 0 Å². The Morgan fingerprint density at radius 3 is 2.38 bits per heavy atom.